The Balaban J connectivity index is 0.00000272. The Morgan fingerprint density at radius 3 is 2.39 bits per heavy atom. The van der Waals surface area contributed by atoms with Crippen LogP contribution >= 0.6 is 11.6 Å². The van der Waals surface area contributed by atoms with E-state index in [1.807, 2.05) is 24.3 Å². The van der Waals surface area contributed by atoms with Gasteiger partial charge in [-0.3, -0.25) is 0 Å². The molecular formula is C22H17ClFN2NaO4. The van der Waals surface area contributed by atoms with Crippen LogP contribution in [-0.2, 0) is 16.1 Å². The number of carboxylic acid groups (broad SMARTS) is 1. The van der Waals surface area contributed by atoms with E-state index in [2.05, 4.69) is 9.97 Å². The maximum atomic E-state index is 14.0. The van der Waals surface area contributed by atoms with Gasteiger partial charge in [0.25, 0.3) is 0 Å². The predicted molar refractivity (Wildman–Crippen MR) is 106 cm³/mol. The Kier molecular flexibility index (Phi) is 7.34. The second-order valence-electron chi connectivity index (χ2n) is 7.06. The van der Waals surface area contributed by atoms with E-state index < -0.39 is 17.4 Å². The van der Waals surface area contributed by atoms with Gasteiger partial charge >= 0.3 is 29.6 Å². The number of aliphatic carboxylic acids is 1. The number of hydrogen-bond donors (Lipinski definition) is 0. The van der Waals surface area contributed by atoms with Crippen molar-refractivity contribution < 1.29 is 53.3 Å². The molecule has 31 heavy (non-hydrogen) atoms. The molecule has 1 heterocycles. The van der Waals surface area contributed by atoms with Crippen LogP contribution < -0.4 is 39.4 Å². The van der Waals surface area contributed by atoms with Gasteiger partial charge in [0.1, 0.15) is 5.82 Å². The Labute approximate surface area is 205 Å². The summed E-state index contributed by atoms with van der Waals surface area (Å²) in [6.45, 7) is 0.474. The molecule has 6 nitrogen and oxygen atoms in total. The van der Waals surface area contributed by atoms with Gasteiger partial charge in [0, 0.05) is 24.3 Å². The number of benzene rings is 2. The van der Waals surface area contributed by atoms with E-state index in [-0.39, 0.29) is 46.3 Å². The number of carboxylic acids is 1. The first-order valence-electron chi connectivity index (χ1n) is 9.23. The van der Waals surface area contributed by atoms with Crippen LogP contribution in [-0.4, -0.2) is 28.6 Å². The Bertz CT molecular complexity index is 1110. The summed E-state index contributed by atoms with van der Waals surface area (Å²) in [6.07, 6.45) is 0.677. The zero-order chi connectivity index (χ0) is 21.3. The average Bonchev–Trinajstić information content (AvgIpc) is 3.51. The van der Waals surface area contributed by atoms with Crippen molar-refractivity contribution in [1.29, 1.82) is 0 Å². The number of nitrogens with zero attached hydrogens (tertiary/aromatic N) is 2. The number of carbonyl (C=O) groups is 1. The molecule has 0 amide bonds. The first-order chi connectivity index (χ1) is 14.4. The molecule has 0 aliphatic heterocycles. The molecule has 0 spiro atoms. The molecule has 4 rings (SSSR count). The number of methoxy groups -OCH3 is 1. The standard InChI is InChI=1S/C22H18ClFN2O4.Na/c1-29-12-13-2-4-14(5-3-13)18-11-19(30-22(8-9-22)21(27)28)26-20(25-18)15-6-7-16(23)17(24)10-15;/h2-7,10-11H,8-9,12H2,1H3,(H,27,28);/q;+1/p-1. The predicted octanol–water partition coefficient (Wildman–Crippen LogP) is 0.415. The van der Waals surface area contributed by atoms with Crippen molar-refractivity contribution >= 4 is 17.6 Å². The maximum absolute atomic E-state index is 14.0. The van der Waals surface area contributed by atoms with Crippen LogP contribution in [0.1, 0.15) is 18.4 Å². The van der Waals surface area contributed by atoms with Gasteiger partial charge in [0.2, 0.25) is 5.88 Å². The van der Waals surface area contributed by atoms with Crippen molar-refractivity contribution in [2.75, 3.05) is 7.11 Å². The molecule has 1 aromatic heterocycles. The fourth-order valence-electron chi connectivity index (χ4n) is 2.99. The maximum Gasteiger partial charge on any atom is 1.00 e. The summed E-state index contributed by atoms with van der Waals surface area (Å²) >= 11 is 5.77. The fourth-order valence-corrected chi connectivity index (χ4v) is 3.11. The number of carbonyl (C=O) groups excluding carboxylic acids is 1. The van der Waals surface area contributed by atoms with Gasteiger partial charge in [-0.1, -0.05) is 35.9 Å². The molecule has 1 aliphatic carbocycles. The summed E-state index contributed by atoms with van der Waals surface area (Å²) in [6, 6.07) is 13.3. The molecule has 1 saturated carbocycles. The Morgan fingerprint density at radius 2 is 1.81 bits per heavy atom. The minimum Gasteiger partial charge on any atom is -0.546 e. The number of aromatic nitrogens is 2. The number of rotatable bonds is 7. The van der Waals surface area contributed by atoms with Crippen molar-refractivity contribution in [1.82, 2.24) is 9.97 Å². The van der Waals surface area contributed by atoms with Crippen LogP contribution in [0.15, 0.2) is 48.5 Å². The summed E-state index contributed by atoms with van der Waals surface area (Å²) in [4.78, 5) is 20.2. The van der Waals surface area contributed by atoms with Crippen molar-refractivity contribution in [3.63, 3.8) is 0 Å². The van der Waals surface area contributed by atoms with Gasteiger partial charge in [-0.2, -0.15) is 4.98 Å². The third-order valence-corrected chi connectivity index (χ3v) is 5.12. The van der Waals surface area contributed by atoms with Crippen molar-refractivity contribution in [2.45, 2.75) is 25.0 Å². The summed E-state index contributed by atoms with van der Waals surface area (Å²) < 4.78 is 24.8. The molecule has 2 aromatic carbocycles. The van der Waals surface area contributed by atoms with Gasteiger partial charge in [0.05, 0.1) is 23.3 Å². The number of hydrogen-bond acceptors (Lipinski definition) is 6. The smallest absolute Gasteiger partial charge is 0.546 e. The van der Waals surface area contributed by atoms with E-state index in [9.17, 15) is 14.3 Å². The molecule has 154 valence electrons. The van der Waals surface area contributed by atoms with E-state index in [4.69, 9.17) is 21.1 Å². The first kappa shape index (κ1) is 23.6. The Morgan fingerprint density at radius 1 is 1.13 bits per heavy atom. The van der Waals surface area contributed by atoms with Gasteiger partial charge < -0.3 is 19.4 Å². The second-order valence-corrected chi connectivity index (χ2v) is 7.46. The minimum absolute atomic E-state index is 0. The first-order valence-corrected chi connectivity index (χ1v) is 9.61. The number of ether oxygens (including phenoxy) is 2. The summed E-state index contributed by atoms with van der Waals surface area (Å²) in [7, 11) is 1.62. The van der Waals surface area contributed by atoms with Crippen LogP contribution in [0.5, 0.6) is 5.88 Å². The zero-order valence-corrected chi connectivity index (χ0v) is 19.8. The van der Waals surface area contributed by atoms with Gasteiger partial charge in [-0.25, -0.2) is 9.37 Å². The molecule has 1 aliphatic rings. The molecule has 0 atom stereocenters. The third kappa shape index (κ3) is 5.25. The van der Waals surface area contributed by atoms with E-state index in [1.54, 1.807) is 19.2 Å². The largest absolute Gasteiger partial charge is 1.00 e. The molecule has 0 bridgehead atoms. The molecule has 0 radical (unpaired) electrons. The van der Waals surface area contributed by atoms with Gasteiger partial charge in [0.15, 0.2) is 11.4 Å². The molecule has 0 unspecified atom stereocenters. The van der Waals surface area contributed by atoms with Crippen molar-refractivity contribution in [3.05, 3.63) is 64.9 Å². The fraction of sp³-hybridized carbons (Fsp3) is 0.227. The van der Waals surface area contributed by atoms with Crippen LogP contribution in [0, 0.1) is 5.82 Å². The van der Waals surface area contributed by atoms with E-state index >= 15 is 0 Å². The van der Waals surface area contributed by atoms with Crippen LogP contribution in [0.25, 0.3) is 22.6 Å². The molecule has 9 heteroatoms. The monoisotopic (exact) mass is 450 g/mol. The number of halogens is 2. The SMILES string of the molecule is COCc1ccc(-c2cc(OC3(C(=O)[O-])CC3)nc(-c3ccc(Cl)c(F)c3)n2)cc1.[Na+]. The Hall–Kier alpha value is -2.03. The quantitative estimate of drug-likeness (QED) is 0.485. The van der Waals surface area contributed by atoms with Gasteiger partial charge in [-0.15, -0.1) is 0 Å². The summed E-state index contributed by atoms with van der Waals surface area (Å²) in [5, 5.41) is 11.4. The molecule has 0 saturated heterocycles. The van der Waals surface area contributed by atoms with E-state index in [1.165, 1.54) is 12.1 Å². The molecule has 3 aromatic rings. The molecule has 1 fully saturated rings. The molecule has 0 N–H and O–H groups in total. The minimum atomic E-state index is -1.38. The second kappa shape index (κ2) is 9.63. The van der Waals surface area contributed by atoms with E-state index in [0.717, 1.165) is 11.1 Å². The van der Waals surface area contributed by atoms with Gasteiger partial charge in [-0.05, 0) is 36.6 Å². The van der Waals surface area contributed by atoms with Crippen LogP contribution in [0.3, 0.4) is 0 Å². The summed E-state index contributed by atoms with van der Waals surface area (Å²) in [5.41, 5.74) is 1.26. The van der Waals surface area contributed by atoms with Crippen LogP contribution in [0.2, 0.25) is 5.02 Å². The average molecular weight is 451 g/mol. The topological polar surface area (TPSA) is 84.4 Å². The van der Waals surface area contributed by atoms with Crippen molar-refractivity contribution in [2.24, 2.45) is 0 Å². The third-order valence-electron chi connectivity index (χ3n) is 4.82. The van der Waals surface area contributed by atoms with E-state index in [0.29, 0.717) is 30.7 Å². The zero-order valence-electron chi connectivity index (χ0n) is 17.0. The van der Waals surface area contributed by atoms with Crippen LogP contribution in [0.4, 0.5) is 4.39 Å². The molecular weight excluding hydrogens is 434 g/mol. The summed E-state index contributed by atoms with van der Waals surface area (Å²) in [5.74, 6) is -1.63. The normalized spacial score (nSPS) is 13.9. The van der Waals surface area contributed by atoms with Crippen molar-refractivity contribution in [3.8, 4) is 28.5 Å².